The molecule has 0 amide bonds. The van der Waals surface area contributed by atoms with Crippen LogP contribution < -0.4 is 79.5 Å². The third kappa shape index (κ3) is 35.1. The number of nitrogens with one attached hydrogen (secondary N) is 4. The monoisotopic (exact) mass is 1160 g/mol. The zero-order valence-corrected chi connectivity index (χ0v) is 50.8. The summed E-state index contributed by atoms with van der Waals surface area (Å²) < 4.78 is 14.8. The molecule has 2 aliphatic carbocycles. The normalized spacial score (nSPS) is 13.9. The molecule has 1 spiro atoms. The summed E-state index contributed by atoms with van der Waals surface area (Å²) in [4.78, 5) is 65.8. The zero-order chi connectivity index (χ0) is 57.9. The topological polar surface area (TPSA) is 407 Å². The molecule has 3 aromatic rings. The van der Waals surface area contributed by atoms with E-state index in [1.54, 1.807) is 94.1 Å². The van der Waals surface area contributed by atoms with E-state index in [9.17, 15) is 19.2 Å². The van der Waals surface area contributed by atoms with Crippen LogP contribution in [0.25, 0.3) is 0 Å². The Morgan fingerprint density at radius 3 is 1.62 bits per heavy atom. The van der Waals surface area contributed by atoms with Crippen LogP contribution in [-0.2, 0) is 25.4 Å². The zero-order valence-electron chi connectivity index (χ0n) is 47.2. The van der Waals surface area contributed by atoms with Crippen LogP contribution in [0.4, 0.5) is 11.4 Å². The van der Waals surface area contributed by atoms with Crippen LogP contribution in [-0.4, -0.2) is 107 Å². The molecule has 432 valence electrons. The van der Waals surface area contributed by atoms with Gasteiger partial charge in [0.1, 0.15) is 29.0 Å². The molecule has 0 unspecified atom stereocenters. The Labute approximate surface area is 505 Å². The number of aliphatic imine (C=N–C) groups is 5. The van der Waals surface area contributed by atoms with Crippen molar-refractivity contribution < 1.29 is 62.9 Å². The van der Waals surface area contributed by atoms with Gasteiger partial charge in [0.2, 0.25) is 5.96 Å². The molecule has 0 bridgehead atoms. The number of rotatable bonds is 11. The molecule has 27 heteroatoms. The van der Waals surface area contributed by atoms with Crippen LogP contribution in [0.1, 0.15) is 128 Å². The van der Waals surface area contributed by atoms with Crippen LogP contribution in [0.2, 0.25) is 0 Å². The number of esters is 3. The van der Waals surface area contributed by atoms with Crippen molar-refractivity contribution in [1.82, 2.24) is 21.3 Å². The SMILES string of the molecule is CCOC(=O)c1cccc(CC2=NC3(CCCCC3)NC(=NC)N2)c1.CCOC(=O)c1cccc(N)c1.CCOC(=O)c1cccc(N=C(N)CC(N)=NC)c1.CN.CN=C(N)NC#N.Cl.Cl.N#CNC#N.O=C1CCCCC1.[Na+]. The second-order valence-electron chi connectivity index (χ2n) is 16.0. The van der Waals surface area contributed by atoms with Gasteiger partial charge in [-0.2, -0.15) is 15.8 Å². The number of amidine groups is 3. The Hall–Kier alpha value is -7.50. The van der Waals surface area contributed by atoms with Crippen molar-refractivity contribution in [1.29, 1.82) is 15.8 Å². The Bertz CT molecular complexity index is 2570. The van der Waals surface area contributed by atoms with E-state index in [0.717, 1.165) is 55.9 Å². The first-order chi connectivity index (χ1) is 37.1. The number of ketones is 1. The van der Waals surface area contributed by atoms with Gasteiger partial charge in [-0.1, -0.05) is 37.1 Å². The van der Waals surface area contributed by atoms with Crippen molar-refractivity contribution in [2.75, 3.05) is 53.7 Å². The van der Waals surface area contributed by atoms with Crippen LogP contribution >= 0.6 is 24.8 Å². The summed E-state index contributed by atoms with van der Waals surface area (Å²) in [6, 6.07) is 21.0. The fraction of sp³-hybridized carbons (Fsp3) is 0.434. The quantitative estimate of drug-likeness (QED) is 0.0195. The van der Waals surface area contributed by atoms with Gasteiger partial charge in [0.25, 0.3) is 0 Å². The average Bonchev–Trinajstić information content (AvgIpc) is 3.43. The van der Waals surface area contributed by atoms with E-state index in [1.807, 2.05) is 25.1 Å². The molecule has 0 aromatic heterocycles. The van der Waals surface area contributed by atoms with Crippen molar-refractivity contribution in [3.8, 4) is 18.6 Å². The summed E-state index contributed by atoms with van der Waals surface area (Å²) in [5.74, 6) is 2.01. The first kappa shape index (κ1) is 79.0. The summed E-state index contributed by atoms with van der Waals surface area (Å²) in [5.41, 5.74) is 29.7. The molecule has 1 heterocycles. The van der Waals surface area contributed by atoms with Crippen LogP contribution in [0, 0.1) is 34.4 Å². The van der Waals surface area contributed by atoms with Gasteiger partial charge >= 0.3 is 47.5 Å². The van der Waals surface area contributed by atoms with Gasteiger partial charge in [-0.15, -0.1) is 24.8 Å². The largest absolute Gasteiger partial charge is 1.00 e. The maximum Gasteiger partial charge on any atom is 1.00 e. The maximum absolute atomic E-state index is 11.9. The van der Waals surface area contributed by atoms with Gasteiger partial charge in [-0.25, -0.2) is 29.7 Å². The van der Waals surface area contributed by atoms with E-state index in [-0.39, 0.29) is 83.9 Å². The standard InChI is InChI=1S/C19H26N4O2.C13H18N4O2.C9H11NO2.C6H10O.C3H6N4.C2HN3.CH5N.2ClH.Na/c1-3-25-17(24)15-9-7-8-14(12-15)13-16-21-18(20-2)23-19(22-16)10-5-4-6-11-19;1-3-19-13(18)9-5-4-6-10(7-9)17-12(15)8-11(14)16-2;1-2-12-9(11)7-4-3-5-8(10)6-7;7-6-4-2-1-3-5-6;1-6-3(5)7-2-4;3-1-5-2-4;1-2;;;/h7-9,12H,3-6,10-11,13H2,1-2H3,(H2,20,21,22,23);4-7H,3,8H2,1-2H3,(H2,14,16)(H2,15,17);3-6H,2,10H2,1H3;1-5H2;1H3,(H3,5,6,7);5H;2H2,1H3;2*1H;/q;;;;;;;;;+1. The average molecular weight is 1160 g/mol. The van der Waals surface area contributed by atoms with Gasteiger partial charge in [0.15, 0.2) is 24.5 Å². The number of ether oxygens (including phenoxy) is 3. The van der Waals surface area contributed by atoms with Crippen LogP contribution in [0.15, 0.2) is 97.8 Å². The molecule has 24 nitrogen and oxygen atoms in total. The van der Waals surface area contributed by atoms with Gasteiger partial charge in [0.05, 0.1) is 48.6 Å². The molecule has 0 saturated heterocycles. The van der Waals surface area contributed by atoms with Crippen LogP contribution in [0.5, 0.6) is 0 Å². The number of nitrogen functional groups attached to an aromatic ring is 1. The number of carbonyl (C=O) groups excluding carboxylic acids is 4. The van der Waals surface area contributed by atoms with E-state index >= 15 is 0 Å². The van der Waals surface area contributed by atoms with Crippen molar-refractivity contribution in [2.45, 2.75) is 103 Å². The number of halogens is 2. The number of nitrogens with two attached hydrogens (primary N) is 5. The van der Waals surface area contributed by atoms with Crippen molar-refractivity contribution in [2.24, 2.45) is 47.9 Å². The van der Waals surface area contributed by atoms with E-state index in [1.165, 1.54) is 52.2 Å². The van der Waals surface area contributed by atoms with Crippen molar-refractivity contribution in [3.63, 3.8) is 0 Å². The molecular weight excluding hydrogens is 1080 g/mol. The number of guanidine groups is 2. The minimum atomic E-state index is -0.382. The second-order valence-corrected chi connectivity index (χ2v) is 16.0. The number of Topliss-reactive ketones (excluding diaryl/α,β-unsaturated/α-hetero) is 1. The number of anilines is 1. The summed E-state index contributed by atoms with van der Waals surface area (Å²) in [6.07, 6.45) is 16.3. The summed E-state index contributed by atoms with van der Waals surface area (Å²) >= 11 is 0. The predicted molar refractivity (Wildman–Crippen MR) is 315 cm³/mol. The first-order valence-corrected chi connectivity index (χ1v) is 24.8. The Kier molecular flexibility index (Phi) is 48.0. The van der Waals surface area contributed by atoms with Gasteiger partial charge in [-0.3, -0.25) is 25.1 Å². The van der Waals surface area contributed by atoms with Gasteiger partial charge in [-0.05, 0) is 120 Å². The predicted octanol–water partition coefficient (Wildman–Crippen LogP) is 2.80. The molecule has 2 saturated carbocycles. The van der Waals surface area contributed by atoms with E-state index in [0.29, 0.717) is 78.2 Å². The van der Waals surface area contributed by atoms with E-state index < -0.39 is 0 Å². The molecule has 2 fully saturated rings. The second kappa shape index (κ2) is 48.6. The maximum atomic E-state index is 11.9. The molecule has 1 aliphatic heterocycles. The van der Waals surface area contributed by atoms with E-state index in [4.69, 9.17) is 57.9 Å². The molecule has 80 heavy (non-hydrogen) atoms. The van der Waals surface area contributed by atoms with Gasteiger partial charge < -0.3 is 53.5 Å². The molecule has 3 aliphatic rings. The minimum Gasteiger partial charge on any atom is -0.462 e. The molecule has 3 aromatic carbocycles. The smallest absolute Gasteiger partial charge is 0.462 e. The molecule has 0 atom stereocenters. The Balaban J connectivity index is -0.000000465. The summed E-state index contributed by atoms with van der Waals surface area (Å²) in [6.45, 7) is 6.42. The molecule has 6 rings (SSSR count). The number of nitriles is 3. The third-order valence-electron chi connectivity index (χ3n) is 10.3. The molecule has 14 N–H and O–H groups in total. The van der Waals surface area contributed by atoms with Crippen molar-refractivity contribution in [3.05, 3.63) is 95.1 Å². The fourth-order valence-corrected chi connectivity index (χ4v) is 6.84. The van der Waals surface area contributed by atoms with Crippen molar-refractivity contribution >= 4 is 89.3 Å². The molecule has 0 radical (unpaired) electrons. The number of hydrogen-bond donors (Lipinski definition) is 9. The summed E-state index contributed by atoms with van der Waals surface area (Å²) in [5, 5.41) is 33.4. The minimum absolute atomic E-state index is 0. The summed E-state index contributed by atoms with van der Waals surface area (Å²) in [7, 11) is 6.36. The number of hydrogen-bond acceptors (Lipinski definition) is 18. The van der Waals surface area contributed by atoms with E-state index in [2.05, 4.69) is 41.7 Å². The van der Waals surface area contributed by atoms with Gasteiger partial charge in [0, 0.05) is 46.1 Å². The van der Waals surface area contributed by atoms with Crippen LogP contribution in [0.3, 0.4) is 0 Å². The first-order valence-electron chi connectivity index (χ1n) is 24.8. The number of carbonyl (C=O) groups is 4. The fourth-order valence-electron chi connectivity index (χ4n) is 6.84. The Morgan fingerprint density at radius 1 is 0.700 bits per heavy atom. The number of nitrogens with zero attached hydrogens (tertiary/aromatic N) is 8. The Morgan fingerprint density at radius 2 is 1.20 bits per heavy atom. The molecular formula is C53H79Cl2N17NaO7+. The number of benzene rings is 3. The third-order valence-corrected chi connectivity index (χ3v) is 10.3.